The first kappa shape index (κ1) is 52.8. The van der Waals surface area contributed by atoms with Gasteiger partial charge in [0, 0.05) is 37.3 Å². The van der Waals surface area contributed by atoms with Gasteiger partial charge in [-0.3, -0.25) is 0 Å². The predicted octanol–water partition coefficient (Wildman–Crippen LogP) is 18.4. The first-order chi connectivity index (χ1) is 35.6. The third-order valence-corrected chi connectivity index (χ3v) is 12.8. The molecule has 2 heteroatoms. The van der Waals surface area contributed by atoms with Crippen molar-refractivity contribution >= 4 is 44.1 Å². The SMILES string of the molecule is C#C.C#CC\C=C/C1=C(Cc2ccc(C\C=C/C(/C=C\C=C/C)=C3/C=CC=CC3)c3ccccc23)/C(=C\C)c2ccccc21.CC.CNc1ccc2c3c(cccc13)-c1ccccc1-2.CNc1ccccc1. The number of benzene rings is 7. The largest absolute Gasteiger partial charge is 0.388 e. The highest BCUT2D eigenvalue weighted by Crippen LogP contribution is 2.48. The van der Waals surface area contributed by atoms with E-state index >= 15 is 0 Å². The van der Waals surface area contributed by atoms with E-state index in [1.54, 1.807) is 0 Å². The first-order valence-electron chi connectivity index (χ1n) is 25.1. The van der Waals surface area contributed by atoms with Gasteiger partial charge in [-0.05, 0) is 140 Å². The van der Waals surface area contributed by atoms with Crippen LogP contribution in [0.1, 0.15) is 62.8 Å². The Balaban J connectivity index is 0.000000228. The van der Waals surface area contributed by atoms with Crippen LogP contribution in [0.4, 0.5) is 11.4 Å². The average Bonchev–Trinajstić information content (AvgIpc) is 3.94. The summed E-state index contributed by atoms with van der Waals surface area (Å²) in [7, 11) is 3.89. The molecule has 10 rings (SSSR count). The predicted molar refractivity (Wildman–Crippen MR) is 319 cm³/mol. The molecule has 7 aromatic carbocycles. The minimum absolute atomic E-state index is 0.631. The molecule has 0 fully saturated rings. The molecular formula is C70H68N2. The van der Waals surface area contributed by atoms with Gasteiger partial charge in [0.05, 0.1) is 0 Å². The molecule has 0 atom stereocenters. The van der Waals surface area contributed by atoms with Crippen molar-refractivity contribution < 1.29 is 0 Å². The van der Waals surface area contributed by atoms with Crippen LogP contribution in [0.5, 0.6) is 0 Å². The molecule has 3 aliphatic rings. The van der Waals surface area contributed by atoms with Crippen LogP contribution in [-0.2, 0) is 12.8 Å². The Morgan fingerprint density at radius 2 is 1.22 bits per heavy atom. The monoisotopic (exact) mass is 937 g/mol. The standard InChI is InChI=1S/C42H38.C17H13N.C7H9N.C2H6.C2H2/c1-4-7-10-19-33(32-20-12-9-13-21-32)22-18-23-34-29-30-35(38-25-15-14-24-37(34)38)31-42-36(6-3)39-27-16-17-28-40(39)41(42)26-11-8-5-2;1-18-16-10-9-14-12-6-3-2-5-11(12)13-7-4-8-15(16)17(13)14;1-8-7-5-3-2-4-6-7;2*1-2/h2,4,6-7,9-20,22,24-30H,8,21,23,31H2,1,3H3;2-10,18H,1H3;2-6,8H,1H3;1-2H3;1-2H/b7-4-,19-10-,22-18-,26-11-,33-32-,36-6-;;;;. The van der Waals surface area contributed by atoms with Crippen LogP contribution in [0, 0.1) is 25.2 Å². The van der Waals surface area contributed by atoms with Gasteiger partial charge in [-0.25, -0.2) is 0 Å². The molecule has 2 N–H and O–H groups in total. The van der Waals surface area contributed by atoms with Gasteiger partial charge >= 0.3 is 0 Å². The maximum absolute atomic E-state index is 5.56. The number of fused-ring (bicyclic) bond motifs is 5. The number of hydrogen-bond acceptors (Lipinski definition) is 2. The van der Waals surface area contributed by atoms with Gasteiger partial charge < -0.3 is 10.6 Å². The van der Waals surface area contributed by atoms with Crippen LogP contribution < -0.4 is 10.6 Å². The van der Waals surface area contributed by atoms with E-state index in [0.717, 1.165) is 24.9 Å². The molecule has 72 heavy (non-hydrogen) atoms. The minimum Gasteiger partial charge on any atom is -0.388 e. The van der Waals surface area contributed by atoms with Crippen molar-refractivity contribution in [2.75, 3.05) is 24.7 Å². The fraction of sp³-hybridized carbons (Fsp3) is 0.143. The van der Waals surface area contributed by atoms with Crippen LogP contribution in [0.25, 0.3) is 54.9 Å². The van der Waals surface area contributed by atoms with Gasteiger partial charge in [-0.1, -0.05) is 220 Å². The number of anilines is 2. The molecule has 0 unspecified atom stereocenters. The van der Waals surface area contributed by atoms with E-state index in [9.17, 15) is 0 Å². The first-order valence-corrected chi connectivity index (χ1v) is 25.1. The quantitative estimate of drug-likeness (QED) is 0.0997. The third-order valence-electron chi connectivity index (χ3n) is 12.8. The highest BCUT2D eigenvalue weighted by molar-refractivity contribution is 6.18. The maximum atomic E-state index is 5.56. The zero-order chi connectivity index (χ0) is 51.1. The Morgan fingerprint density at radius 3 is 1.86 bits per heavy atom. The second-order valence-electron chi connectivity index (χ2n) is 16.8. The average molecular weight is 937 g/mol. The molecule has 358 valence electrons. The van der Waals surface area contributed by atoms with E-state index in [-0.39, 0.29) is 0 Å². The minimum atomic E-state index is 0.631. The lowest BCUT2D eigenvalue weighted by molar-refractivity contribution is 1.21. The molecule has 0 saturated carbocycles. The van der Waals surface area contributed by atoms with Crippen molar-refractivity contribution in [1.29, 1.82) is 0 Å². The van der Waals surface area contributed by atoms with Crippen molar-refractivity contribution in [3.05, 3.63) is 264 Å². The lowest BCUT2D eigenvalue weighted by Gasteiger charge is -2.13. The summed E-state index contributed by atoms with van der Waals surface area (Å²) in [5.41, 5.74) is 19.6. The molecule has 0 heterocycles. The molecule has 0 spiro atoms. The number of rotatable bonds is 11. The summed E-state index contributed by atoms with van der Waals surface area (Å²) in [6.45, 7) is 8.19. The van der Waals surface area contributed by atoms with Crippen LogP contribution in [0.15, 0.2) is 241 Å². The molecule has 0 bridgehead atoms. The van der Waals surface area contributed by atoms with Gasteiger partial charge in [-0.2, -0.15) is 0 Å². The summed E-state index contributed by atoms with van der Waals surface area (Å²) in [6.07, 6.45) is 45.2. The van der Waals surface area contributed by atoms with E-state index < -0.39 is 0 Å². The lowest BCUT2D eigenvalue weighted by Crippen LogP contribution is -1.96. The van der Waals surface area contributed by atoms with E-state index in [1.807, 2.05) is 65.2 Å². The molecule has 7 aromatic rings. The van der Waals surface area contributed by atoms with Gasteiger partial charge in [0.15, 0.2) is 0 Å². The zero-order valence-corrected chi connectivity index (χ0v) is 42.9. The fourth-order valence-corrected chi connectivity index (χ4v) is 9.54. The van der Waals surface area contributed by atoms with Crippen LogP contribution in [-0.4, -0.2) is 14.1 Å². The fourth-order valence-electron chi connectivity index (χ4n) is 9.54. The number of terminal acetylenes is 2. The third kappa shape index (κ3) is 12.4. The molecule has 0 aliphatic heterocycles. The van der Waals surface area contributed by atoms with E-state index in [2.05, 4.69) is 231 Å². The lowest BCUT2D eigenvalue weighted by atomic mass is 9.90. The normalized spacial score (nSPS) is 14.0. The Morgan fingerprint density at radius 1 is 0.597 bits per heavy atom. The Hall–Kier alpha value is -8.56. The van der Waals surface area contributed by atoms with Crippen molar-refractivity contribution in [2.45, 2.75) is 53.4 Å². The van der Waals surface area contributed by atoms with Crippen molar-refractivity contribution in [3.63, 3.8) is 0 Å². The van der Waals surface area contributed by atoms with E-state index in [1.165, 1.54) is 99.6 Å². The topological polar surface area (TPSA) is 24.1 Å². The molecule has 0 radical (unpaired) electrons. The number of para-hydroxylation sites is 1. The van der Waals surface area contributed by atoms with Crippen LogP contribution in [0.2, 0.25) is 0 Å². The Labute approximate surface area is 431 Å². The second kappa shape index (κ2) is 27.6. The van der Waals surface area contributed by atoms with Gasteiger partial charge in [-0.15, -0.1) is 25.2 Å². The molecular weight excluding hydrogens is 869 g/mol. The molecule has 3 aliphatic carbocycles. The smallest absolute Gasteiger partial charge is 0.0417 e. The van der Waals surface area contributed by atoms with Crippen LogP contribution >= 0.6 is 0 Å². The highest BCUT2D eigenvalue weighted by atomic mass is 14.8. The summed E-state index contributed by atoms with van der Waals surface area (Å²) < 4.78 is 0. The maximum Gasteiger partial charge on any atom is 0.0417 e. The molecule has 0 aromatic heterocycles. The second-order valence-corrected chi connectivity index (χ2v) is 16.8. The van der Waals surface area contributed by atoms with Gasteiger partial charge in [0.2, 0.25) is 0 Å². The Kier molecular flexibility index (Phi) is 20.2. The van der Waals surface area contributed by atoms with Gasteiger partial charge in [0.25, 0.3) is 0 Å². The van der Waals surface area contributed by atoms with Crippen LogP contribution in [0.3, 0.4) is 0 Å². The summed E-state index contributed by atoms with van der Waals surface area (Å²) in [4.78, 5) is 0. The van der Waals surface area contributed by atoms with Gasteiger partial charge in [0.1, 0.15) is 0 Å². The zero-order valence-electron chi connectivity index (χ0n) is 42.9. The molecule has 0 saturated heterocycles. The Bertz CT molecular complexity index is 3280. The van der Waals surface area contributed by atoms with Crippen molar-refractivity contribution in [2.24, 2.45) is 0 Å². The van der Waals surface area contributed by atoms with E-state index in [0.29, 0.717) is 6.42 Å². The molecule has 0 amide bonds. The summed E-state index contributed by atoms with van der Waals surface area (Å²) in [6, 6.07) is 51.9. The van der Waals surface area contributed by atoms with Crippen molar-refractivity contribution in [1.82, 2.24) is 0 Å². The number of nitrogens with one attached hydrogen (secondary N) is 2. The van der Waals surface area contributed by atoms with E-state index in [4.69, 9.17) is 6.42 Å². The number of allylic oxidation sites excluding steroid dienone is 18. The highest BCUT2D eigenvalue weighted by Gasteiger charge is 2.25. The van der Waals surface area contributed by atoms with Crippen molar-refractivity contribution in [3.8, 4) is 47.4 Å². The molecule has 2 nitrogen and oxygen atoms in total. The number of hydrogen-bond donors (Lipinski definition) is 2. The summed E-state index contributed by atoms with van der Waals surface area (Å²) in [5.74, 6) is 2.75. The summed E-state index contributed by atoms with van der Waals surface area (Å²) in [5, 5.41) is 11.6. The summed E-state index contributed by atoms with van der Waals surface area (Å²) >= 11 is 0.